The molecule has 2 aromatic carbocycles. The van der Waals surface area contributed by atoms with Crippen molar-refractivity contribution in [1.82, 2.24) is 0 Å². The van der Waals surface area contributed by atoms with Gasteiger partial charge in [0.15, 0.2) is 0 Å². The molecule has 0 radical (unpaired) electrons. The molecule has 0 aliphatic rings. The predicted molar refractivity (Wildman–Crippen MR) is 116 cm³/mol. The third-order valence-electron chi connectivity index (χ3n) is 4.41. The van der Waals surface area contributed by atoms with Crippen LogP contribution in [0.1, 0.15) is 38.8 Å². The maximum atomic E-state index is 11.7. The maximum Gasteiger partial charge on any atom is 0.338 e. The summed E-state index contributed by atoms with van der Waals surface area (Å²) in [5.41, 5.74) is 1.88. The first-order valence-electron chi connectivity index (χ1n) is 8.79. The first-order chi connectivity index (χ1) is 13.4. The third kappa shape index (κ3) is 5.28. The van der Waals surface area contributed by atoms with Crippen molar-refractivity contribution in [2.75, 3.05) is 0 Å². The van der Waals surface area contributed by atoms with Crippen molar-refractivity contribution in [2.45, 2.75) is 33.1 Å². The summed E-state index contributed by atoms with van der Waals surface area (Å²) in [6.07, 6.45) is 0. The zero-order chi connectivity index (χ0) is 21.9. The van der Waals surface area contributed by atoms with Crippen molar-refractivity contribution >= 4 is 35.1 Å². The Labute approximate surface area is 180 Å². The molecule has 0 N–H and O–H groups in total. The average molecular weight is 433 g/mol. The van der Waals surface area contributed by atoms with Crippen LogP contribution < -0.4 is 9.47 Å². The molecule has 152 valence electrons. The Morgan fingerprint density at radius 3 is 1.41 bits per heavy atom. The van der Waals surface area contributed by atoms with Crippen molar-refractivity contribution in [2.24, 2.45) is 0 Å². The monoisotopic (exact) mass is 432 g/mol. The van der Waals surface area contributed by atoms with Crippen LogP contribution >= 0.6 is 23.2 Å². The molecule has 0 aliphatic heterocycles. The van der Waals surface area contributed by atoms with E-state index in [4.69, 9.17) is 32.7 Å². The molecule has 0 heterocycles. The molecule has 0 saturated carbocycles. The van der Waals surface area contributed by atoms with Gasteiger partial charge in [-0.2, -0.15) is 0 Å². The van der Waals surface area contributed by atoms with Crippen molar-refractivity contribution in [3.05, 3.63) is 81.9 Å². The van der Waals surface area contributed by atoms with Gasteiger partial charge in [-0.3, -0.25) is 0 Å². The summed E-state index contributed by atoms with van der Waals surface area (Å²) < 4.78 is 10.4. The fraction of sp³-hybridized carbons (Fsp3) is 0.217. The van der Waals surface area contributed by atoms with E-state index in [2.05, 4.69) is 13.2 Å². The number of rotatable bonds is 6. The average Bonchev–Trinajstić information content (AvgIpc) is 2.64. The van der Waals surface area contributed by atoms with E-state index in [-0.39, 0.29) is 22.6 Å². The number of halogens is 2. The summed E-state index contributed by atoms with van der Waals surface area (Å²) in [5.74, 6) is -0.546. The Morgan fingerprint density at radius 2 is 1.14 bits per heavy atom. The molecule has 4 nitrogen and oxygen atoms in total. The molecule has 0 aromatic heterocycles. The minimum Gasteiger partial charge on any atom is -0.422 e. The lowest BCUT2D eigenvalue weighted by molar-refractivity contribution is -0.130. The molecule has 0 bridgehead atoms. The third-order valence-corrected chi connectivity index (χ3v) is 5.00. The second kappa shape index (κ2) is 8.85. The molecular weight excluding hydrogens is 411 g/mol. The van der Waals surface area contributed by atoms with Gasteiger partial charge < -0.3 is 9.47 Å². The molecule has 0 atom stereocenters. The van der Waals surface area contributed by atoms with Gasteiger partial charge in [-0.1, -0.05) is 62.3 Å². The second-order valence-electron chi connectivity index (χ2n) is 7.26. The van der Waals surface area contributed by atoms with E-state index in [1.165, 1.54) is 0 Å². The van der Waals surface area contributed by atoms with Crippen LogP contribution in [0.4, 0.5) is 0 Å². The maximum absolute atomic E-state index is 11.7. The van der Waals surface area contributed by atoms with E-state index in [0.717, 1.165) is 11.1 Å². The fourth-order valence-corrected chi connectivity index (χ4v) is 2.92. The van der Waals surface area contributed by atoms with Crippen LogP contribution in [0.3, 0.4) is 0 Å². The lowest BCUT2D eigenvalue weighted by Crippen LogP contribution is -2.19. The lowest BCUT2D eigenvalue weighted by Gasteiger charge is -2.27. The summed E-state index contributed by atoms with van der Waals surface area (Å²) in [6.45, 7) is 14.2. The topological polar surface area (TPSA) is 52.6 Å². The highest BCUT2D eigenvalue weighted by Gasteiger charge is 2.26. The number of hydrogen-bond acceptors (Lipinski definition) is 4. The minimum absolute atomic E-state index is 0.263. The molecule has 0 fully saturated rings. The normalized spacial score (nSPS) is 11.0. The summed E-state index contributed by atoms with van der Waals surface area (Å²) >= 11 is 12.6. The summed E-state index contributed by atoms with van der Waals surface area (Å²) in [4.78, 5) is 23.4. The van der Waals surface area contributed by atoms with Crippen LogP contribution in [0.15, 0.2) is 60.7 Å². The predicted octanol–water partition coefficient (Wildman–Crippen LogP) is 6.28. The zero-order valence-corrected chi connectivity index (χ0v) is 18.3. The molecule has 0 amide bonds. The van der Waals surface area contributed by atoms with Crippen molar-refractivity contribution in [3.63, 3.8) is 0 Å². The van der Waals surface area contributed by atoms with E-state index in [0.29, 0.717) is 10.0 Å². The Balaban J connectivity index is 2.32. The summed E-state index contributed by atoms with van der Waals surface area (Å²) in [7, 11) is 0. The van der Waals surface area contributed by atoms with E-state index in [9.17, 15) is 9.59 Å². The van der Waals surface area contributed by atoms with Crippen LogP contribution in [-0.4, -0.2) is 11.9 Å². The van der Waals surface area contributed by atoms with Gasteiger partial charge in [-0.15, -0.1) is 0 Å². The minimum atomic E-state index is -0.536. The van der Waals surface area contributed by atoms with Crippen LogP contribution in [0.2, 0.25) is 10.0 Å². The van der Waals surface area contributed by atoms with Crippen molar-refractivity contribution in [3.8, 4) is 11.5 Å². The van der Waals surface area contributed by atoms with Crippen LogP contribution in [-0.2, 0) is 15.0 Å². The van der Waals surface area contributed by atoms with Gasteiger partial charge in [0.25, 0.3) is 0 Å². The van der Waals surface area contributed by atoms with Crippen molar-refractivity contribution < 1.29 is 19.1 Å². The number of carbonyl (C=O) groups excluding carboxylic acids is 2. The molecule has 2 aromatic rings. The Kier molecular flexibility index (Phi) is 6.93. The van der Waals surface area contributed by atoms with Crippen LogP contribution in [0.25, 0.3) is 0 Å². The fourth-order valence-electron chi connectivity index (χ4n) is 2.49. The van der Waals surface area contributed by atoms with Gasteiger partial charge in [0.05, 0.1) is 10.0 Å². The molecule has 0 saturated heterocycles. The summed E-state index contributed by atoms with van der Waals surface area (Å²) in [5, 5.41) is 0.617. The molecule has 29 heavy (non-hydrogen) atoms. The highest BCUT2D eigenvalue weighted by molar-refractivity contribution is 6.32. The number of ether oxygens (including phenoxy) is 2. The highest BCUT2D eigenvalue weighted by atomic mass is 35.5. The molecule has 0 spiro atoms. The van der Waals surface area contributed by atoms with E-state index in [1.807, 2.05) is 26.0 Å². The number of benzene rings is 2. The Bertz CT molecular complexity index is 926. The molecule has 0 unspecified atom stereocenters. The van der Waals surface area contributed by atoms with Crippen molar-refractivity contribution in [1.29, 1.82) is 0 Å². The van der Waals surface area contributed by atoms with Gasteiger partial charge in [0.2, 0.25) is 0 Å². The lowest BCUT2D eigenvalue weighted by atomic mass is 9.78. The number of carbonyl (C=O) groups is 2. The van der Waals surface area contributed by atoms with Crippen LogP contribution in [0, 0.1) is 0 Å². The molecular formula is C23H22Cl2O4. The van der Waals surface area contributed by atoms with Gasteiger partial charge >= 0.3 is 11.9 Å². The molecule has 6 heteroatoms. The Hall–Kier alpha value is -2.56. The van der Waals surface area contributed by atoms with Gasteiger partial charge in [0, 0.05) is 16.6 Å². The van der Waals surface area contributed by atoms with Gasteiger partial charge in [0.1, 0.15) is 11.5 Å². The zero-order valence-electron chi connectivity index (χ0n) is 16.8. The first-order valence-corrected chi connectivity index (χ1v) is 9.54. The van der Waals surface area contributed by atoms with Crippen LogP contribution in [0.5, 0.6) is 11.5 Å². The standard InChI is InChI=1S/C23H22Cl2O4/c1-13(2)21(26)28-19-9-7-15(11-17(19)24)23(5,6)16-8-10-20(18(25)12-16)29-22(27)14(3)4/h7-12H,1,3H2,2,4-6H3. The van der Waals surface area contributed by atoms with E-state index < -0.39 is 17.4 Å². The quantitative estimate of drug-likeness (QED) is 0.306. The van der Waals surface area contributed by atoms with Gasteiger partial charge in [-0.05, 0) is 49.2 Å². The first kappa shape index (κ1) is 22.7. The second-order valence-corrected chi connectivity index (χ2v) is 8.07. The highest BCUT2D eigenvalue weighted by Crippen LogP contribution is 2.38. The summed E-state index contributed by atoms with van der Waals surface area (Å²) in [6, 6.07) is 10.4. The van der Waals surface area contributed by atoms with E-state index in [1.54, 1.807) is 38.1 Å². The Morgan fingerprint density at radius 1 is 0.793 bits per heavy atom. The molecule has 2 rings (SSSR count). The van der Waals surface area contributed by atoms with E-state index >= 15 is 0 Å². The largest absolute Gasteiger partial charge is 0.422 e. The smallest absolute Gasteiger partial charge is 0.338 e. The SMILES string of the molecule is C=C(C)C(=O)Oc1ccc(C(C)(C)c2ccc(OC(=O)C(=C)C)c(Cl)c2)cc1Cl. The molecule has 0 aliphatic carbocycles. The van der Waals surface area contributed by atoms with Gasteiger partial charge in [-0.25, -0.2) is 9.59 Å². The number of hydrogen-bond donors (Lipinski definition) is 0. The number of esters is 2.